The third-order valence-electron chi connectivity index (χ3n) is 5.69. The normalized spacial score (nSPS) is 23.3. The summed E-state index contributed by atoms with van der Waals surface area (Å²) in [7, 11) is 4.69. The van der Waals surface area contributed by atoms with Gasteiger partial charge in [-0.2, -0.15) is 0 Å². The second kappa shape index (κ2) is 12.7. The van der Waals surface area contributed by atoms with Gasteiger partial charge in [0.05, 0.1) is 14.2 Å². The lowest BCUT2D eigenvalue weighted by atomic mass is 9.77. The molecular weight excluding hydrogens is 364 g/mol. The van der Waals surface area contributed by atoms with Crippen molar-refractivity contribution >= 4 is 5.78 Å². The van der Waals surface area contributed by atoms with E-state index in [1.165, 1.54) is 23.8 Å². The summed E-state index contributed by atoms with van der Waals surface area (Å²) < 4.78 is 16.3. The Hall–Kier alpha value is -1.81. The molecule has 0 aromatic rings. The molecule has 0 N–H and O–H groups in total. The summed E-state index contributed by atoms with van der Waals surface area (Å²) in [6.07, 6.45) is 11.5. The maximum atomic E-state index is 12.7. The van der Waals surface area contributed by atoms with E-state index in [2.05, 4.69) is 52.8 Å². The zero-order valence-electron chi connectivity index (χ0n) is 19.6. The SMILES string of the molecule is COC1=C(OC)C(C)C(C/C=C(\C)CC/C=C(\C)CCC=C(C)C)C(OC)C1=O. The Morgan fingerprint density at radius 1 is 0.897 bits per heavy atom. The van der Waals surface area contributed by atoms with E-state index >= 15 is 0 Å². The molecule has 29 heavy (non-hydrogen) atoms. The maximum Gasteiger partial charge on any atom is 0.229 e. The molecule has 0 aromatic heterocycles. The number of hydrogen-bond donors (Lipinski definition) is 0. The number of allylic oxidation sites excluding steroid dienone is 7. The fourth-order valence-corrected chi connectivity index (χ4v) is 3.87. The number of ether oxygens (including phenoxy) is 3. The molecule has 0 saturated heterocycles. The molecule has 3 unspecified atom stereocenters. The highest BCUT2D eigenvalue weighted by atomic mass is 16.5. The molecular formula is C25H40O4. The average molecular weight is 405 g/mol. The Balaban J connectivity index is 2.71. The zero-order valence-corrected chi connectivity index (χ0v) is 19.6. The largest absolute Gasteiger partial charge is 0.497 e. The third-order valence-corrected chi connectivity index (χ3v) is 5.69. The van der Waals surface area contributed by atoms with Crippen molar-refractivity contribution in [1.82, 2.24) is 0 Å². The van der Waals surface area contributed by atoms with Crippen LogP contribution in [0.15, 0.2) is 46.5 Å². The standard InChI is InChI=1S/C25H40O4/c1-17(2)11-9-12-18(3)13-10-14-19(4)15-16-21-20(5)23(27-6)25(29-8)22(26)24(21)28-7/h11,13,15,20-21,24H,9-10,12,14,16H2,1-8H3/b18-13+,19-15+. The highest BCUT2D eigenvalue weighted by Gasteiger charge is 2.43. The van der Waals surface area contributed by atoms with Crippen LogP contribution in [0.2, 0.25) is 0 Å². The summed E-state index contributed by atoms with van der Waals surface area (Å²) in [6, 6.07) is 0. The molecule has 0 saturated carbocycles. The Kier molecular flexibility index (Phi) is 11.0. The number of hydrogen-bond acceptors (Lipinski definition) is 4. The minimum atomic E-state index is -0.500. The molecule has 0 fully saturated rings. The monoisotopic (exact) mass is 404 g/mol. The summed E-state index contributed by atoms with van der Waals surface area (Å²) in [5.41, 5.74) is 4.17. The molecule has 0 aromatic carbocycles. The van der Waals surface area contributed by atoms with E-state index in [4.69, 9.17) is 14.2 Å². The lowest BCUT2D eigenvalue weighted by Crippen LogP contribution is -2.42. The summed E-state index contributed by atoms with van der Waals surface area (Å²) in [5.74, 6) is 0.877. The van der Waals surface area contributed by atoms with Gasteiger partial charge in [-0.1, -0.05) is 41.9 Å². The minimum absolute atomic E-state index is 0.0395. The molecule has 0 radical (unpaired) electrons. The smallest absolute Gasteiger partial charge is 0.229 e. The van der Waals surface area contributed by atoms with Crippen LogP contribution in [0.5, 0.6) is 0 Å². The van der Waals surface area contributed by atoms with Crippen molar-refractivity contribution in [1.29, 1.82) is 0 Å². The second-order valence-electron chi connectivity index (χ2n) is 8.27. The van der Waals surface area contributed by atoms with Crippen molar-refractivity contribution < 1.29 is 19.0 Å². The molecule has 4 nitrogen and oxygen atoms in total. The number of carbonyl (C=O) groups excluding carboxylic acids is 1. The summed E-state index contributed by atoms with van der Waals surface area (Å²) in [5, 5.41) is 0. The van der Waals surface area contributed by atoms with Gasteiger partial charge < -0.3 is 14.2 Å². The van der Waals surface area contributed by atoms with Crippen LogP contribution in [0.25, 0.3) is 0 Å². The molecule has 0 spiro atoms. The van der Waals surface area contributed by atoms with Gasteiger partial charge in [-0.05, 0) is 59.8 Å². The van der Waals surface area contributed by atoms with Gasteiger partial charge in [-0.15, -0.1) is 0 Å². The van der Waals surface area contributed by atoms with Crippen LogP contribution in [0.4, 0.5) is 0 Å². The van der Waals surface area contributed by atoms with Gasteiger partial charge in [0.25, 0.3) is 0 Å². The molecule has 164 valence electrons. The van der Waals surface area contributed by atoms with Crippen molar-refractivity contribution in [3.05, 3.63) is 46.5 Å². The minimum Gasteiger partial charge on any atom is -0.497 e. The van der Waals surface area contributed by atoms with Crippen molar-refractivity contribution in [3.63, 3.8) is 0 Å². The molecule has 1 aliphatic carbocycles. The van der Waals surface area contributed by atoms with Crippen LogP contribution in [-0.2, 0) is 19.0 Å². The lowest BCUT2D eigenvalue weighted by molar-refractivity contribution is -0.135. The second-order valence-corrected chi connectivity index (χ2v) is 8.27. The van der Waals surface area contributed by atoms with Gasteiger partial charge >= 0.3 is 0 Å². The number of carbonyl (C=O) groups is 1. The van der Waals surface area contributed by atoms with E-state index in [0.717, 1.165) is 32.1 Å². The van der Waals surface area contributed by atoms with Gasteiger partial charge in [0.1, 0.15) is 11.9 Å². The van der Waals surface area contributed by atoms with Crippen molar-refractivity contribution in [3.8, 4) is 0 Å². The van der Waals surface area contributed by atoms with Crippen molar-refractivity contribution in [2.75, 3.05) is 21.3 Å². The Morgan fingerprint density at radius 3 is 2.00 bits per heavy atom. The first-order valence-corrected chi connectivity index (χ1v) is 10.6. The predicted molar refractivity (Wildman–Crippen MR) is 120 cm³/mol. The van der Waals surface area contributed by atoms with Crippen LogP contribution in [-0.4, -0.2) is 33.2 Å². The predicted octanol–water partition coefficient (Wildman–Crippen LogP) is 6.15. The molecule has 0 aliphatic heterocycles. The van der Waals surface area contributed by atoms with E-state index < -0.39 is 6.10 Å². The molecule has 1 aliphatic rings. The van der Waals surface area contributed by atoms with E-state index in [-0.39, 0.29) is 23.4 Å². The zero-order chi connectivity index (χ0) is 22.0. The van der Waals surface area contributed by atoms with E-state index in [1.807, 2.05) is 0 Å². The first-order valence-electron chi connectivity index (χ1n) is 10.6. The molecule has 3 atom stereocenters. The van der Waals surface area contributed by atoms with Gasteiger partial charge in [-0.25, -0.2) is 0 Å². The van der Waals surface area contributed by atoms with E-state index in [9.17, 15) is 4.79 Å². The number of methoxy groups -OCH3 is 3. The van der Waals surface area contributed by atoms with Crippen LogP contribution in [0.1, 0.15) is 66.7 Å². The van der Waals surface area contributed by atoms with Gasteiger partial charge in [-0.3, -0.25) is 4.79 Å². The van der Waals surface area contributed by atoms with Crippen molar-refractivity contribution in [2.45, 2.75) is 72.8 Å². The molecule has 1 rings (SSSR count). The fourth-order valence-electron chi connectivity index (χ4n) is 3.87. The molecule has 4 heteroatoms. The average Bonchev–Trinajstić information content (AvgIpc) is 2.67. The molecule has 0 heterocycles. The van der Waals surface area contributed by atoms with Crippen LogP contribution < -0.4 is 0 Å². The lowest BCUT2D eigenvalue weighted by Gasteiger charge is -2.35. The quantitative estimate of drug-likeness (QED) is 0.387. The number of ketones is 1. The van der Waals surface area contributed by atoms with Crippen LogP contribution >= 0.6 is 0 Å². The topological polar surface area (TPSA) is 44.8 Å². The summed E-state index contributed by atoms with van der Waals surface area (Å²) in [4.78, 5) is 12.7. The maximum absolute atomic E-state index is 12.7. The van der Waals surface area contributed by atoms with Crippen LogP contribution in [0, 0.1) is 11.8 Å². The first-order chi connectivity index (χ1) is 13.8. The highest BCUT2D eigenvalue weighted by molar-refractivity contribution is 5.98. The summed E-state index contributed by atoms with van der Waals surface area (Å²) >= 11 is 0. The van der Waals surface area contributed by atoms with Crippen molar-refractivity contribution in [2.24, 2.45) is 11.8 Å². The fraction of sp³-hybridized carbons (Fsp3) is 0.640. The van der Waals surface area contributed by atoms with E-state index in [0.29, 0.717) is 5.76 Å². The van der Waals surface area contributed by atoms with Gasteiger partial charge in [0.2, 0.25) is 11.5 Å². The molecule has 0 amide bonds. The molecule has 0 bridgehead atoms. The highest BCUT2D eigenvalue weighted by Crippen LogP contribution is 2.37. The number of Topliss-reactive ketones (excluding diaryl/α,β-unsaturated/α-hetero) is 1. The summed E-state index contributed by atoms with van der Waals surface area (Å²) in [6.45, 7) is 10.7. The third kappa shape index (κ3) is 7.50. The van der Waals surface area contributed by atoms with Crippen LogP contribution in [0.3, 0.4) is 0 Å². The van der Waals surface area contributed by atoms with Gasteiger partial charge in [0, 0.05) is 18.9 Å². The first kappa shape index (κ1) is 25.2. The Labute approximate surface area is 177 Å². The van der Waals surface area contributed by atoms with Gasteiger partial charge in [0.15, 0.2) is 0 Å². The Bertz CT molecular complexity index is 662. The Morgan fingerprint density at radius 2 is 1.48 bits per heavy atom. The van der Waals surface area contributed by atoms with E-state index in [1.54, 1.807) is 14.2 Å². The number of rotatable bonds is 11.